The molecule has 1 aromatic heterocycles. The van der Waals surface area contributed by atoms with Gasteiger partial charge in [0.2, 0.25) is 5.91 Å². The van der Waals surface area contributed by atoms with Gasteiger partial charge in [-0.15, -0.1) is 5.10 Å². The van der Waals surface area contributed by atoms with Gasteiger partial charge in [0.1, 0.15) is 5.82 Å². The predicted octanol–water partition coefficient (Wildman–Crippen LogP) is 2.55. The Labute approximate surface area is 179 Å². The highest BCUT2D eigenvalue weighted by atomic mass is 19.1. The second-order valence-corrected chi connectivity index (χ2v) is 7.97. The van der Waals surface area contributed by atoms with Crippen LogP contribution in [0.1, 0.15) is 33.6 Å². The van der Waals surface area contributed by atoms with E-state index in [0.29, 0.717) is 32.6 Å². The van der Waals surface area contributed by atoms with Gasteiger partial charge in [-0.2, -0.15) is 0 Å². The van der Waals surface area contributed by atoms with Crippen LogP contribution in [-0.2, 0) is 17.9 Å². The van der Waals surface area contributed by atoms with Gasteiger partial charge >= 0.3 is 0 Å². The summed E-state index contributed by atoms with van der Waals surface area (Å²) in [6.07, 6.45) is 1.98. The van der Waals surface area contributed by atoms with Crippen molar-refractivity contribution in [2.24, 2.45) is 5.92 Å². The lowest BCUT2D eigenvalue weighted by Gasteiger charge is -2.17. The summed E-state index contributed by atoms with van der Waals surface area (Å²) in [6, 6.07) is 14.2. The number of nitrogens with one attached hydrogen (secondary N) is 1. The number of benzene rings is 2. The molecule has 1 saturated heterocycles. The quantitative estimate of drug-likeness (QED) is 0.636. The second-order valence-electron chi connectivity index (χ2n) is 7.97. The summed E-state index contributed by atoms with van der Waals surface area (Å²) in [5.41, 5.74) is 3.35. The van der Waals surface area contributed by atoms with Crippen molar-refractivity contribution in [1.29, 1.82) is 0 Å². The van der Waals surface area contributed by atoms with Crippen LogP contribution in [0, 0.1) is 18.7 Å². The summed E-state index contributed by atoms with van der Waals surface area (Å²) < 4.78 is 14.5. The minimum absolute atomic E-state index is 0.0659. The average molecular weight is 421 g/mol. The predicted molar refractivity (Wildman–Crippen MR) is 113 cm³/mol. The Morgan fingerprint density at radius 1 is 1.10 bits per heavy atom. The highest BCUT2D eigenvalue weighted by Crippen LogP contribution is 2.20. The fourth-order valence-corrected chi connectivity index (χ4v) is 3.64. The van der Waals surface area contributed by atoms with Gasteiger partial charge in [-0.05, 0) is 30.2 Å². The first kappa shape index (κ1) is 20.7. The first-order valence-corrected chi connectivity index (χ1v) is 10.2. The van der Waals surface area contributed by atoms with Crippen molar-refractivity contribution in [3.05, 3.63) is 82.9 Å². The first-order valence-electron chi connectivity index (χ1n) is 10.2. The topological polar surface area (TPSA) is 80.1 Å². The van der Waals surface area contributed by atoms with E-state index in [4.69, 9.17) is 0 Å². The van der Waals surface area contributed by atoms with E-state index in [-0.39, 0.29) is 29.2 Å². The lowest BCUT2D eigenvalue weighted by atomic mass is 10.1. The van der Waals surface area contributed by atoms with Gasteiger partial charge in [0.05, 0.1) is 12.7 Å². The summed E-state index contributed by atoms with van der Waals surface area (Å²) in [6.45, 7) is 4.03. The van der Waals surface area contributed by atoms with Crippen LogP contribution in [0.15, 0.2) is 54.7 Å². The summed E-state index contributed by atoms with van der Waals surface area (Å²) in [7, 11) is 0. The van der Waals surface area contributed by atoms with Gasteiger partial charge in [-0.3, -0.25) is 9.59 Å². The Hall–Kier alpha value is -3.55. The van der Waals surface area contributed by atoms with Gasteiger partial charge in [0, 0.05) is 32.0 Å². The maximum absolute atomic E-state index is 13.0. The smallest absolute Gasteiger partial charge is 0.273 e. The molecular formula is C23H24FN5O2. The Morgan fingerprint density at radius 2 is 1.77 bits per heavy atom. The van der Waals surface area contributed by atoms with Crippen molar-refractivity contribution < 1.29 is 14.0 Å². The Bertz CT molecular complexity index is 1060. The SMILES string of the molecule is Cc1ccc(CN2CC(CNC(=O)c3cn(Cc4ccc(F)cc4)nn3)CC2=O)cc1. The molecule has 1 atom stereocenters. The zero-order chi connectivity index (χ0) is 21.8. The normalized spacial score (nSPS) is 16.0. The fraction of sp³-hybridized carbons (Fsp3) is 0.304. The summed E-state index contributed by atoms with van der Waals surface area (Å²) in [4.78, 5) is 26.6. The Kier molecular flexibility index (Phi) is 6.06. The monoisotopic (exact) mass is 421 g/mol. The number of hydrogen-bond donors (Lipinski definition) is 1. The number of rotatable bonds is 7. The standard InChI is InChI=1S/C23H24FN5O2/c1-16-2-4-17(5-3-16)12-28-13-19(10-22(28)30)11-25-23(31)21-15-29(27-26-21)14-18-6-8-20(24)9-7-18/h2-9,15,19H,10-14H2,1H3,(H,25,31). The maximum Gasteiger partial charge on any atom is 0.273 e. The van der Waals surface area contributed by atoms with E-state index in [1.54, 1.807) is 18.3 Å². The van der Waals surface area contributed by atoms with Gasteiger partial charge in [0.15, 0.2) is 5.69 Å². The minimum Gasteiger partial charge on any atom is -0.350 e. The van der Waals surface area contributed by atoms with Gasteiger partial charge < -0.3 is 10.2 Å². The molecule has 0 radical (unpaired) electrons. The number of halogens is 1. The van der Waals surface area contributed by atoms with Crippen LogP contribution in [0.2, 0.25) is 0 Å². The largest absolute Gasteiger partial charge is 0.350 e. The number of amides is 2. The Balaban J connectivity index is 1.27. The molecule has 3 aromatic rings. The molecule has 1 unspecified atom stereocenters. The molecule has 4 rings (SSSR count). The van der Waals surface area contributed by atoms with Crippen molar-refractivity contribution in [3.8, 4) is 0 Å². The molecular weight excluding hydrogens is 397 g/mol. The molecule has 2 amide bonds. The molecule has 31 heavy (non-hydrogen) atoms. The van der Waals surface area contributed by atoms with E-state index < -0.39 is 0 Å². The molecule has 0 saturated carbocycles. The lowest BCUT2D eigenvalue weighted by molar-refractivity contribution is -0.128. The number of hydrogen-bond acceptors (Lipinski definition) is 4. The molecule has 2 aromatic carbocycles. The van der Waals surface area contributed by atoms with E-state index >= 15 is 0 Å². The van der Waals surface area contributed by atoms with Gasteiger partial charge in [-0.25, -0.2) is 9.07 Å². The molecule has 1 fully saturated rings. The van der Waals surface area contributed by atoms with Crippen molar-refractivity contribution in [2.45, 2.75) is 26.4 Å². The zero-order valence-electron chi connectivity index (χ0n) is 17.3. The number of aromatic nitrogens is 3. The third-order valence-electron chi connectivity index (χ3n) is 5.37. The van der Waals surface area contributed by atoms with E-state index in [1.807, 2.05) is 36.1 Å². The molecule has 160 valence electrons. The first-order chi connectivity index (χ1) is 15.0. The summed E-state index contributed by atoms with van der Waals surface area (Å²) in [5, 5.41) is 10.7. The second kappa shape index (κ2) is 9.07. The third-order valence-corrected chi connectivity index (χ3v) is 5.37. The van der Waals surface area contributed by atoms with Crippen LogP contribution in [-0.4, -0.2) is 44.8 Å². The van der Waals surface area contributed by atoms with Crippen molar-refractivity contribution in [3.63, 3.8) is 0 Å². The summed E-state index contributed by atoms with van der Waals surface area (Å²) >= 11 is 0. The number of nitrogens with zero attached hydrogens (tertiary/aromatic N) is 4. The molecule has 8 heteroatoms. The molecule has 0 bridgehead atoms. The molecule has 1 aliphatic heterocycles. The van der Waals surface area contributed by atoms with Crippen molar-refractivity contribution in [1.82, 2.24) is 25.2 Å². The molecule has 1 aliphatic rings. The molecule has 2 heterocycles. The van der Waals surface area contributed by atoms with E-state index in [0.717, 1.165) is 11.1 Å². The number of likely N-dealkylation sites (tertiary alicyclic amines) is 1. The molecule has 7 nitrogen and oxygen atoms in total. The highest BCUT2D eigenvalue weighted by Gasteiger charge is 2.29. The van der Waals surface area contributed by atoms with Gasteiger partial charge in [-0.1, -0.05) is 47.2 Å². The molecule has 0 aliphatic carbocycles. The molecule has 1 N–H and O–H groups in total. The minimum atomic E-state index is -0.324. The van der Waals surface area contributed by atoms with Crippen LogP contribution < -0.4 is 5.32 Å². The molecule has 0 spiro atoms. The van der Waals surface area contributed by atoms with Crippen LogP contribution in [0.5, 0.6) is 0 Å². The zero-order valence-corrected chi connectivity index (χ0v) is 17.3. The lowest BCUT2D eigenvalue weighted by Crippen LogP contribution is -2.31. The fourth-order valence-electron chi connectivity index (χ4n) is 3.64. The maximum atomic E-state index is 13.0. The Morgan fingerprint density at radius 3 is 2.52 bits per heavy atom. The highest BCUT2D eigenvalue weighted by molar-refractivity contribution is 5.91. The van der Waals surface area contributed by atoms with E-state index in [2.05, 4.69) is 15.6 Å². The third kappa shape index (κ3) is 5.33. The van der Waals surface area contributed by atoms with Crippen LogP contribution in [0.4, 0.5) is 4.39 Å². The van der Waals surface area contributed by atoms with Crippen LogP contribution in [0.25, 0.3) is 0 Å². The van der Waals surface area contributed by atoms with Crippen molar-refractivity contribution in [2.75, 3.05) is 13.1 Å². The van der Waals surface area contributed by atoms with Crippen LogP contribution in [0.3, 0.4) is 0 Å². The van der Waals surface area contributed by atoms with Gasteiger partial charge in [0.25, 0.3) is 5.91 Å². The number of carbonyl (C=O) groups excluding carboxylic acids is 2. The van der Waals surface area contributed by atoms with E-state index in [9.17, 15) is 14.0 Å². The number of aryl methyl sites for hydroxylation is 1. The van der Waals surface area contributed by atoms with E-state index in [1.165, 1.54) is 22.4 Å². The average Bonchev–Trinajstić information content (AvgIpc) is 3.36. The van der Waals surface area contributed by atoms with Crippen molar-refractivity contribution >= 4 is 11.8 Å². The van der Waals surface area contributed by atoms with Crippen LogP contribution >= 0.6 is 0 Å². The summed E-state index contributed by atoms with van der Waals surface area (Å²) in [5.74, 6) is -0.457. The number of carbonyl (C=O) groups is 2.